The van der Waals surface area contributed by atoms with Gasteiger partial charge in [-0.2, -0.15) is 0 Å². The minimum Gasteiger partial charge on any atom is -0.481 e. The number of fused-ring (bicyclic) bond motifs is 1. The summed E-state index contributed by atoms with van der Waals surface area (Å²) < 4.78 is 66.6. The Balaban J connectivity index is 1.62. The number of carboxylic acid groups (broad SMARTS) is 1. The highest BCUT2D eigenvalue weighted by Crippen LogP contribution is 2.26. The maximum atomic E-state index is 13.1. The van der Waals surface area contributed by atoms with Gasteiger partial charge in [0.25, 0.3) is 0 Å². The number of rotatable bonds is 6. The van der Waals surface area contributed by atoms with Gasteiger partial charge in [-0.05, 0) is 49.2 Å². The Morgan fingerprint density at radius 2 is 1.94 bits per heavy atom. The molecule has 0 bridgehead atoms. The number of sulfone groups is 1. The van der Waals surface area contributed by atoms with E-state index in [1.807, 2.05) is 6.07 Å². The van der Waals surface area contributed by atoms with E-state index in [1.165, 1.54) is 19.1 Å². The van der Waals surface area contributed by atoms with E-state index in [9.17, 15) is 18.3 Å². The second-order valence-electron chi connectivity index (χ2n) is 7.07. The molecule has 0 spiro atoms. The quantitative estimate of drug-likeness (QED) is 0.403. The molecule has 2 heterocycles. The average molecular weight is 469 g/mol. The summed E-state index contributed by atoms with van der Waals surface area (Å²) in [5.74, 6) is 0.444. The van der Waals surface area contributed by atoms with Gasteiger partial charge in [-0.25, -0.2) is 8.42 Å². The third-order valence-electron chi connectivity index (χ3n) is 4.69. The van der Waals surface area contributed by atoms with E-state index in [4.69, 9.17) is 6.85 Å². The normalized spacial score (nSPS) is 15.5. The molecule has 0 amide bonds. The third-order valence-corrected chi connectivity index (χ3v) is 7.98. The lowest BCUT2D eigenvalue weighted by Crippen LogP contribution is -2.25. The van der Waals surface area contributed by atoms with Gasteiger partial charge in [-0.1, -0.05) is 47.7 Å². The van der Waals surface area contributed by atoms with Gasteiger partial charge >= 0.3 is 5.97 Å². The number of H-pyrrole nitrogens is 1. The summed E-state index contributed by atoms with van der Waals surface area (Å²) in [6.45, 7) is 1.48. The molecule has 4 aromatic rings. The van der Waals surface area contributed by atoms with Crippen LogP contribution in [0.25, 0.3) is 10.9 Å². The van der Waals surface area contributed by atoms with Gasteiger partial charge in [0.1, 0.15) is 4.21 Å². The number of thiophene rings is 1. The number of carboxylic acids is 1. The van der Waals surface area contributed by atoms with E-state index in [1.54, 1.807) is 24.4 Å². The van der Waals surface area contributed by atoms with Crippen molar-refractivity contribution < 1.29 is 25.2 Å². The number of para-hydroxylation sites is 1. The standard InChI is InChI=1S/C25H21NO4S2/c1-17-6-8-18(9-7-17)10-11-21-12-13-24(31-21)32(29,30)16-20(25(27)28)14-19-15-26-23-5-3-2-4-22(19)23/h2-9,12-13,15,20,26H,14,16H2,1H3,(H,27,28)/t20-/m1/s1/i6D,7D,8D,9D,20D. The molecule has 0 aliphatic heterocycles. The van der Waals surface area contributed by atoms with Crippen LogP contribution < -0.4 is 0 Å². The molecular weight excluding hydrogens is 442 g/mol. The van der Waals surface area contributed by atoms with Gasteiger partial charge in [-0.15, -0.1) is 11.3 Å². The van der Waals surface area contributed by atoms with E-state index in [0.29, 0.717) is 5.56 Å². The Bertz CT molecular complexity index is 1690. The van der Waals surface area contributed by atoms with Crippen LogP contribution in [0.3, 0.4) is 0 Å². The van der Waals surface area contributed by atoms with Crippen molar-refractivity contribution in [2.45, 2.75) is 17.6 Å². The first-order chi connectivity index (χ1) is 17.3. The van der Waals surface area contributed by atoms with Crippen LogP contribution in [-0.2, 0) is 21.1 Å². The topological polar surface area (TPSA) is 87.2 Å². The lowest BCUT2D eigenvalue weighted by molar-refractivity contribution is -0.140. The molecule has 32 heavy (non-hydrogen) atoms. The van der Waals surface area contributed by atoms with Crippen LogP contribution in [0.4, 0.5) is 0 Å². The van der Waals surface area contributed by atoms with Gasteiger partial charge in [0.15, 0.2) is 9.84 Å². The van der Waals surface area contributed by atoms with Crippen molar-refractivity contribution in [1.29, 1.82) is 0 Å². The summed E-state index contributed by atoms with van der Waals surface area (Å²) in [5.41, 5.74) is 1.38. The van der Waals surface area contributed by atoms with Crippen LogP contribution in [0.5, 0.6) is 0 Å². The second kappa shape index (κ2) is 9.03. The number of aromatic amines is 1. The molecule has 162 valence electrons. The van der Waals surface area contributed by atoms with Gasteiger partial charge in [0.05, 0.1) is 22.0 Å². The van der Waals surface area contributed by atoms with Crippen molar-refractivity contribution >= 4 is 38.0 Å². The number of benzene rings is 2. The van der Waals surface area contributed by atoms with Crippen molar-refractivity contribution in [1.82, 2.24) is 4.98 Å². The van der Waals surface area contributed by atoms with Crippen molar-refractivity contribution in [2.75, 3.05) is 5.75 Å². The predicted molar refractivity (Wildman–Crippen MR) is 127 cm³/mol. The fourth-order valence-corrected chi connectivity index (χ4v) is 5.76. The first-order valence-electron chi connectivity index (χ1n) is 12.0. The number of nitrogens with one attached hydrogen (secondary N) is 1. The zero-order valence-corrected chi connectivity index (χ0v) is 18.6. The van der Waals surface area contributed by atoms with Crippen molar-refractivity contribution in [3.05, 3.63) is 88.3 Å². The molecule has 2 N–H and O–H groups in total. The van der Waals surface area contributed by atoms with Gasteiger partial charge in [-0.3, -0.25) is 4.79 Å². The highest BCUT2D eigenvalue weighted by Gasteiger charge is 2.28. The van der Waals surface area contributed by atoms with Crippen LogP contribution >= 0.6 is 11.3 Å². The number of aromatic nitrogens is 1. The monoisotopic (exact) mass is 468 g/mol. The molecule has 4 rings (SSSR count). The molecule has 0 unspecified atom stereocenters. The predicted octanol–water partition coefficient (Wildman–Crippen LogP) is 4.65. The summed E-state index contributed by atoms with van der Waals surface area (Å²) in [6.07, 6.45) is 1.26. The summed E-state index contributed by atoms with van der Waals surface area (Å²) in [7, 11) is -4.18. The molecule has 7 heteroatoms. The van der Waals surface area contributed by atoms with Crippen LogP contribution in [0.1, 0.15) is 28.4 Å². The first kappa shape index (κ1) is 16.3. The van der Waals surface area contributed by atoms with Crippen LogP contribution in [0.15, 0.2) is 71.0 Å². The lowest BCUT2D eigenvalue weighted by Gasteiger charge is -2.11. The minimum absolute atomic E-state index is 0.104. The lowest BCUT2D eigenvalue weighted by atomic mass is 10.0. The highest BCUT2D eigenvalue weighted by atomic mass is 32.2. The second-order valence-corrected chi connectivity index (χ2v) is 10.4. The molecule has 0 saturated heterocycles. The number of carbonyl (C=O) groups is 1. The Morgan fingerprint density at radius 1 is 1.19 bits per heavy atom. The number of hydrogen-bond acceptors (Lipinski definition) is 4. The van der Waals surface area contributed by atoms with Crippen molar-refractivity contribution in [2.24, 2.45) is 5.89 Å². The molecule has 0 aliphatic rings. The van der Waals surface area contributed by atoms with E-state index >= 15 is 0 Å². The summed E-state index contributed by atoms with van der Waals surface area (Å²) in [4.78, 5) is 15.3. The minimum atomic E-state index is -4.18. The Labute approximate surface area is 197 Å². The smallest absolute Gasteiger partial charge is 0.307 e. The molecule has 0 aliphatic carbocycles. The molecule has 0 fully saturated rings. The average Bonchev–Trinajstić information content (AvgIpc) is 3.49. The van der Waals surface area contributed by atoms with E-state index in [0.717, 1.165) is 22.2 Å². The van der Waals surface area contributed by atoms with E-state index in [-0.39, 0.29) is 50.8 Å². The molecule has 0 saturated carbocycles. The van der Waals surface area contributed by atoms with Gasteiger partial charge in [0.2, 0.25) is 0 Å². The largest absolute Gasteiger partial charge is 0.481 e. The highest BCUT2D eigenvalue weighted by molar-refractivity contribution is 7.93. The summed E-state index contributed by atoms with van der Waals surface area (Å²) in [5, 5.41) is 10.5. The summed E-state index contributed by atoms with van der Waals surface area (Å²) in [6, 6.07) is 8.89. The Kier molecular flexibility index (Phi) is 4.60. The molecule has 2 aromatic heterocycles. The third kappa shape index (κ3) is 4.93. The Hall–Kier alpha value is -3.34. The van der Waals surface area contributed by atoms with Gasteiger partial charge in [0, 0.05) is 24.0 Å². The van der Waals surface area contributed by atoms with Crippen LogP contribution in [0.2, 0.25) is 0 Å². The van der Waals surface area contributed by atoms with Crippen LogP contribution in [0, 0.1) is 24.7 Å². The van der Waals surface area contributed by atoms with E-state index < -0.39 is 27.5 Å². The molecule has 0 radical (unpaired) electrons. The van der Waals surface area contributed by atoms with Crippen molar-refractivity contribution in [3.63, 3.8) is 0 Å². The fourth-order valence-electron chi connectivity index (χ4n) is 3.11. The van der Waals surface area contributed by atoms with E-state index in [2.05, 4.69) is 16.8 Å². The maximum Gasteiger partial charge on any atom is 0.307 e. The molecular formula is C25H21NO4S2. The number of hydrogen-bond donors (Lipinski definition) is 2. The zero-order chi connectivity index (χ0) is 27.1. The maximum absolute atomic E-state index is 13.1. The summed E-state index contributed by atoms with van der Waals surface area (Å²) >= 11 is 0.785. The molecule has 2 aromatic carbocycles. The molecule has 5 nitrogen and oxygen atoms in total. The SMILES string of the molecule is [2H]c1c([2H])c(C#Cc2ccc(S(=O)(=O)C[C@@]([2H])(Cc3c[nH]c4ccccc34)C(=O)O)s2)c([2H])c([2H])c1C. The zero-order valence-electron chi connectivity index (χ0n) is 21.9. The van der Waals surface area contributed by atoms with Crippen molar-refractivity contribution in [3.8, 4) is 11.8 Å². The number of aliphatic carboxylic acids is 1. The van der Waals surface area contributed by atoms with Gasteiger partial charge < -0.3 is 10.1 Å². The van der Waals surface area contributed by atoms with Crippen LogP contribution in [-0.4, -0.2) is 30.2 Å². The first-order valence-corrected chi connectivity index (χ1v) is 12.0. The molecule has 1 atom stereocenters. The Morgan fingerprint density at radius 3 is 2.69 bits per heavy atom. The fraction of sp³-hybridized carbons (Fsp3) is 0.160.